The number of carbonyl (C=O) groups is 2. The first kappa shape index (κ1) is 33.3. The average Bonchev–Trinajstić information content (AvgIpc) is 2.58. The van der Waals surface area contributed by atoms with Crippen LogP contribution in [0.25, 0.3) is 0 Å². The fourth-order valence-corrected chi connectivity index (χ4v) is 2.89. The summed E-state index contributed by atoms with van der Waals surface area (Å²) >= 11 is 0. The van der Waals surface area contributed by atoms with Gasteiger partial charge in [-0.05, 0) is 13.3 Å². The summed E-state index contributed by atoms with van der Waals surface area (Å²) in [7, 11) is 0. The van der Waals surface area contributed by atoms with E-state index in [1.54, 1.807) is 0 Å². The SMILES string of the molecule is CCCCCCCCCCCCCCCCCC(=O)OC(=O)C(C)O.[CaH2].[CaH2]. The first-order valence-corrected chi connectivity index (χ1v) is 10.5. The number of aliphatic hydroxyl groups is 1. The Morgan fingerprint density at radius 2 is 1.04 bits per heavy atom. The summed E-state index contributed by atoms with van der Waals surface area (Å²) in [6, 6.07) is 0. The first-order valence-electron chi connectivity index (χ1n) is 10.5. The van der Waals surface area contributed by atoms with Crippen molar-refractivity contribution in [3.8, 4) is 0 Å². The van der Waals surface area contributed by atoms with E-state index < -0.39 is 18.0 Å². The van der Waals surface area contributed by atoms with E-state index in [4.69, 9.17) is 5.11 Å². The van der Waals surface area contributed by atoms with E-state index in [9.17, 15) is 9.59 Å². The van der Waals surface area contributed by atoms with Crippen LogP contribution in [-0.2, 0) is 14.3 Å². The molecule has 0 aliphatic carbocycles. The van der Waals surface area contributed by atoms with Crippen LogP contribution >= 0.6 is 0 Å². The molecule has 0 aromatic carbocycles. The summed E-state index contributed by atoms with van der Waals surface area (Å²) in [5, 5.41) is 8.95. The fourth-order valence-electron chi connectivity index (χ4n) is 2.89. The second kappa shape index (κ2) is 25.7. The molecular formula is C21H44Ca2O4. The van der Waals surface area contributed by atoms with Crippen LogP contribution in [0.1, 0.15) is 117 Å². The molecule has 1 N–H and O–H groups in total. The van der Waals surface area contributed by atoms with Crippen molar-refractivity contribution in [1.82, 2.24) is 0 Å². The number of aliphatic hydroxyl groups excluding tert-OH is 1. The van der Waals surface area contributed by atoms with Gasteiger partial charge in [0.15, 0.2) is 0 Å². The molecule has 0 fully saturated rings. The molecule has 27 heavy (non-hydrogen) atoms. The standard InChI is InChI=1S/C21H40O4.2Ca.4H/c1-3-4-5-6-7-8-9-10-11-12-13-14-15-16-17-18-20(23)25-21(24)19(2)22;;;;;;/h19,22H,3-18H2,1-2H3;;;;;;. The van der Waals surface area contributed by atoms with Crippen LogP contribution in [0.5, 0.6) is 0 Å². The predicted octanol–water partition coefficient (Wildman–Crippen LogP) is 3.87. The molecule has 0 amide bonds. The molecule has 0 aromatic heterocycles. The molecule has 156 valence electrons. The van der Waals surface area contributed by atoms with Crippen LogP contribution < -0.4 is 0 Å². The van der Waals surface area contributed by atoms with Crippen LogP contribution in [0.3, 0.4) is 0 Å². The van der Waals surface area contributed by atoms with Gasteiger partial charge in [0.05, 0.1) is 0 Å². The van der Waals surface area contributed by atoms with E-state index >= 15 is 0 Å². The summed E-state index contributed by atoms with van der Waals surface area (Å²) in [5.74, 6) is -1.38. The predicted molar refractivity (Wildman–Crippen MR) is 119 cm³/mol. The minimum absolute atomic E-state index is 0. The quantitative estimate of drug-likeness (QED) is 0.161. The van der Waals surface area contributed by atoms with Gasteiger partial charge in [0, 0.05) is 6.42 Å². The number of esters is 2. The van der Waals surface area contributed by atoms with Gasteiger partial charge in [-0.2, -0.15) is 0 Å². The average molecular weight is 441 g/mol. The van der Waals surface area contributed by atoms with Crippen molar-refractivity contribution in [2.45, 2.75) is 123 Å². The Bertz CT molecular complexity index is 336. The molecule has 0 saturated carbocycles. The number of carbonyl (C=O) groups excluding carboxylic acids is 2. The molecule has 0 heterocycles. The summed E-state index contributed by atoms with van der Waals surface area (Å²) in [6.45, 7) is 3.55. The summed E-state index contributed by atoms with van der Waals surface area (Å²) < 4.78 is 4.50. The molecule has 6 heteroatoms. The van der Waals surface area contributed by atoms with Gasteiger partial charge in [-0.15, -0.1) is 0 Å². The Hall–Kier alpha value is 1.62. The molecule has 0 saturated heterocycles. The number of hydrogen-bond donors (Lipinski definition) is 1. The normalized spacial score (nSPS) is 11.2. The molecule has 1 unspecified atom stereocenters. The third-order valence-corrected chi connectivity index (χ3v) is 4.54. The van der Waals surface area contributed by atoms with E-state index in [1.165, 1.54) is 84.0 Å². The second-order valence-corrected chi connectivity index (χ2v) is 7.17. The Labute approximate surface area is 227 Å². The summed E-state index contributed by atoms with van der Waals surface area (Å²) in [4.78, 5) is 22.4. The number of hydrogen-bond acceptors (Lipinski definition) is 4. The monoisotopic (exact) mass is 440 g/mol. The van der Waals surface area contributed by atoms with Gasteiger partial charge < -0.3 is 9.84 Å². The van der Waals surface area contributed by atoms with Crippen LogP contribution in [0.2, 0.25) is 0 Å². The van der Waals surface area contributed by atoms with E-state index in [1.807, 2.05) is 0 Å². The zero-order valence-corrected chi connectivity index (χ0v) is 16.6. The zero-order chi connectivity index (χ0) is 18.8. The van der Waals surface area contributed by atoms with Gasteiger partial charge in [0.2, 0.25) is 0 Å². The van der Waals surface area contributed by atoms with Crippen LogP contribution in [0, 0.1) is 0 Å². The molecular weight excluding hydrogens is 396 g/mol. The van der Waals surface area contributed by atoms with Gasteiger partial charge in [-0.25, -0.2) is 4.79 Å². The van der Waals surface area contributed by atoms with E-state index in [0.717, 1.165) is 19.3 Å². The molecule has 0 aliphatic heterocycles. The summed E-state index contributed by atoms with van der Waals surface area (Å²) in [5.41, 5.74) is 0. The summed E-state index contributed by atoms with van der Waals surface area (Å²) in [6.07, 6.45) is 18.2. The van der Waals surface area contributed by atoms with Gasteiger partial charge in [-0.3, -0.25) is 4.79 Å². The van der Waals surface area contributed by atoms with Crippen molar-refractivity contribution in [3.63, 3.8) is 0 Å². The maximum atomic E-state index is 11.3. The Kier molecular flexibility index (Phi) is 31.6. The fraction of sp³-hybridized carbons (Fsp3) is 0.905. The molecule has 1 atom stereocenters. The number of rotatable bonds is 17. The van der Waals surface area contributed by atoms with Gasteiger partial charge in [0.25, 0.3) is 0 Å². The molecule has 0 radical (unpaired) electrons. The van der Waals surface area contributed by atoms with Crippen molar-refractivity contribution < 1.29 is 19.4 Å². The van der Waals surface area contributed by atoms with Gasteiger partial charge >= 0.3 is 87.4 Å². The van der Waals surface area contributed by atoms with Gasteiger partial charge in [-0.1, -0.05) is 96.8 Å². The van der Waals surface area contributed by atoms with Crippen LogP contribution in [-0.4, -0.2) is 98.6 Å². The van der Waals surface area contributed by atoms with Crippen molar-refractivity contribution in [2.75, 3.05) is 0 Å². The molecule has 0 rings (SSSR count). The zero-order valence-electron chi connectivity index (χ0n) is 16.6. The first-order chi connectivity index (χ1) is 12.1. The molecule has 4 nitrogen and oxygen atoms in total. The molecule has 0 aliphatic rings. The van der Waals surface area contributed by atoms with Gasteiger partial charge in [0.1, 0.15) is 6.10 Å². The number of unbranched alkanes of at least 4 members (excludes halogenated alkanes) is 14. The van der Waals surface area contributed by atoms with Crippen molar-refractivity contribution in [3.05, 3.63) is 0 Å². The Balaban J connectivity index is -0.00000288. The second-order valence-electron chi connectivity index (χ2n) is 7.17. The topological polar surface area (TPSA) is 63.6 Å². The van der Waals surface area contributed by atoms with Crippen molar-refractivity contribution >= 4 is 87.4 Å². The van der Waals surface area contributed by atoms with Crippen LogP contribution in [0.4, 0.5) is 0 Å². The third kappa shape index (κ3) is 25.6. The van der Waals surface area contributed by atoms with E-state index in [0.29, 0.717) is 0 Å². The molecule has 0 aromatic rings. The van der Waals surface area contributed by atoms with Crippen LogP contribution in [0.15, 0.2) is 0 Å². The minimum atomic E-state index is -1.23. The Morgan fingerprint density at radius 3 is 1.37 bits per heavy atom. The van der Waals surface area contributed by atoms with Crippen molar-refractivity contribution in [2.24, 2.45) is 0 Å². The van der Waals surface area contributed by atoms with E-state index in [-0.39, 0.29) is 81.9 Å². The third-order valence-electron chi connectivity index (χ3n) is 4.54. The maximum absolute atomic E-state index is 11.3. The van der Waals surface area contributed by atoms with E-state index in [2.05, 4.69) is 11.7 Å². The molecule has 0 bridgehead atoms. The Morgan fingerprint density at radius 1 is 0.704 bits per heavy atom. The number of ether oxygens (including phenoxy) is 1. The molecule has 0 spiro atoms. The van der Waals surface area contributed by atoms with Crippen molar-refractivity contribution in [1.29, 1.82) is 0 Å².